The lowest BCUT2D eigenvalue weighted by atomic mass is 10.2. The Hall–Kier alpha value is -1.58. The van der Waals surface area contributed by atoms with Crippen LogP contribution in [0.1, 0.15) is 12.5 Å². The third-order valence-electron chi connectivity index (χ3n) is 2.23. The molecule has 88 valence electrons. The van der Waals surface area contributed by atoms with E-state index in [0.717, 1.165) is 0 Å². The summed E-state index contributed by atoms with van der Waals surface area (Å²) in [6.07, 6.45) is -0.570. The molecule has 0 radical (unpaired) electrons. The molecule has 1 atom stereocenters. The first-order valence-corrected chi connectivity index (χ1v) is 5.06. The molecule has 3 nitrogen and oxygen atoms in total. The molecule has 0 N–H and O–H groups in total. The number of carbonyl (C=O) groups excluding carboxylic acids is 1. The van der Waals surface area contributed by atoms with E-state index in [9.17, 15) is 9.18 Å². The second kappa shape index (κ2) is 4.96. The molecule has 0 saturated carbocycles. The Balaban J connectivity index is 2.77. The van der Waals surface area contributed by atoms with Gasteiger partial charge in [-0.1, -0.05) is 0 Å². The molecular formula is C12H16FNO2. The van der Waals surface area contributed by atoms with Crippen molar-refractivity contribution in [3.05, 3.63) is 29.6 Å². The van der Waals surface area contributed by atoms with Crippen LogP contribution >= 0.6 is 0 Å². The fraction of sp³-hybridized carbons (Fsp3) is 0.417. The van der Waals surface area contributed by atoms with Crippen molar-refractivity contribution >= 4 is 5.91 Å². The second-order valence-corrected chi connectivity index (χ2v) is 3.90. The molecule has 0 heterocycles. The third kappa shape index (κ3) is 2.95. The number of likely N-dealkylation sites (N-methyl/N-ethyl adjacent to an activating group) is 1. The maximum absolute atomic E-state index is 12.8. The molecule has 0 aromatic heterocycles. The van der Waals surface area contributed by atoms with Gasteiger partial charge in [-0.3, -0.25) is 4.79 Å². The van der Waals surface area contributed by atoms with Crippen molar-refractivity contribution in [2.24, 2.45) is 0 Å². The minimum atomic E-state index is -0.570. The largest absolute Gasteiger partial charge is 0.481 e. The monoisotopic (exact) mass is 225 g/mol. The lowest BCUT2D eigenvalue weighted by molar-refractivity contribution is -0.135. The minimum absolute atomic E-state index is 0.122. The number of nitrogens with zero attached hydrogens (tertiary/aromatic N) is 1. The van der Waals surface area contributed by atoms with Crippen molar-refractivity contribution in [2.75, 3.05) is 14.1 Å². The number of halogens is 1. The van der Waals surface area contributed by atoms with Gasteiger partial charge in [0.2, 0.25) is 0 Å². The molecule has 4 heteroatoms. The molecule has 1 unspecified atom stereocenters. The Morgan fingerprint density at radius 3 is 2.56 bits per heavy atom. The van der Waals surface area contributed by atoms with Gasteiger partial charge in [-0.05, 0) is 37.6 Å². The van der Waals surface area contributed by atoms with Gasteiger partial charge in [0.15, 0.2) is 6.10 Å². The molecule has 0 aliphatic rings. The SMILES string of the molecule is Cc1cc(F)ccc1OC(C)C(=O)N(C)C. The Bertz CT molecular complexity index is 391. The van der Waals surface area contributed by atoms with E-state index in [1.165, 1.54) is 23.1 Å². The van der Waals surface area contributed by atoms with Crippen LogP contribution in [0.15, 0.2) is 18.2 Å². The summed E-state index contributed by atoms with van der Waals surface area (Å²) >= 11 is 0. The highest BCUT2D eigenvalue weighted by Gasteiger charge is 2.17. The molecular weight excluding hydrogens is 209 g/mol. The van der Waals surface area contributed by atoms with E-state index in [-0.39, 0.29) is 11.7 Å². The van der Waals surface area contributed by atoms with Crippen LogP contribution in [0.25, 0.3) is 0 Å². The van der Waals surface area contributed by atoms with Gasteiger partial charge in [-0.2, -0.15) is 0 Å². The number of ether oxygens (including phenoxy) is 1. The zero-order valence-corrected chi connectivity index (χ0v) is 9.95. The summed E-state index contributed by atoms with van der Waals surface area (Å²) in [7, 11) is 3.33. The van der Waals surface area contributed by atoms with Gasteiger partial charge < -0.3 is 9.64 Å². The van der Waals surface area contributed by atoms with Crippen LogP contribution in [0, 0.1) is 12.7 Å². The molecule has 0 aliphatic heterocycles. The fourth-order valence-electron chi connectivity index (χ4n) is 1.35. The van der Waals surface area contributed by atoms with Gasteiger partial charge in [0, 0.05) is 14.1 Å². The van der Waals surface area contributed by atoms with E-state index in [2.05, 4.69) is 0 Å². The van der Waals surface area contributed by atoms with Crippen molar-refractivity contribution in [3.63, 3.8) is 0 Å². The highest BCUT2D eigenvalue weighted by atomic mass is 19.1. The van der Waals surface area contributed by atoms with E-state index in [4.69, 9.17) is 4.74 Å². The number of benzene rings is 1. The summed E-state index contributed by atoms with van der Waals surface area (Å²) in [5.74, 6) is 0.101. The van der Waals surface area contributed by atoms with E-state index < -0.39 is 6.10 Å². The quantitative estimate of drug-likeness (QED) is 0.787. The van der Waals surface area contributed by atoms with Crippen LogP contribution in [0.5, 0.6) is 5.75 Å². The molecule has 0 aliphatic carbocycles. The molecule has 1 rings (SSSR count). The molecule has 16 heavy (non-hydrogen) atoms. The number of amides is 1. The van der Waals surface area contributed by atoms with Gasteiger partial charge in [0.05, 0.1) is 0 Å². The smallest absolute Gasteiger partial charge is 0.262 e. The summed E-state index contributed by atoms with van der Waals surface area (Å²) in [4.78, 5) is 13.0. The minimum Gasteiger partial charge on any atom is -0.481 e. The maximum Gasteiger partial charge on any atom is 0.262 e. The van der Waals surface area contributed by atoms with Gasteiger partial charge in [0.1, 0.15) is 11.6 Å². The van der Waals surface area contributed by atoms with Crippen LogP contribution in [0.4, 0.5) is 4.39 Å². The lowest BCUT2D eigenvalue weighted by Crippen LogP contribution is -2.35. The molecule has 0 fully saturated rings. The van der Waals surface area contributed by atoms with Gasteiger partial charge >= 0.3 is 0 Å². The zero-order valence-electron chi connectivity index (χ0n) is 9.95. The van der Waals surface area contributed by atoms with Crippen molar-refractivity contribution < 1.29 is 13.9 Å². The second-order valence-electron chi connectivity index (χ2n) is 3.90. The number of carbonyl (C=O) groups is 1. The number of hydrogen-bond acceptors (Lipinski definition) is 2. The average Bonchev–Trinajstić information content (AvgIpc) is 2.20. The highest BCUT2D eigenvalue weighted by Crippen LogP contribution is 2.19. The van der Waals surface area contributed by atoms with Crippen LogP contribution in [-0.2, 0) is 4.79 Å². The first-order valence-electron chi connectivity index (χ1n) is 5.06. The highest BCUT2D eigenvalue weighted by molar-refractivity contribution is 5.80. The predicted octanol–water partition coefficient (Wildman–Crippen LogP) is 1.99. The standard InChI is InChI=1S/C12H16FNO2/c1-8-7-10(13)5-6-11(8)16-9(2)12(15)14(3)4/h5-7,9H,1-4H3. The van der Waals surface area contributed by atoms with Crippen molar-refractivity contribution in [1.82, 2.24) is 4.90 Å². The van der Waals surface area contributed by atoms with Crippen molar-refractivity contribution in [1.29, 1.82) is 0 Å². The van der Waals surface area contributed by atoms with Gasteiger partial charge in [0.25, 0.3) is 5.91 Å². The Kier molecular flexibility index (Phi) is 3.88. The number of hydrogen-bond donors (Lipinski definition) is 0. The summed E-state index contributed by atoms with van der Waals surface area (Å²) in [5, 5.41) is 0. The molecule has 0 bridgehead atoms. The van der Waals surface area contributed by atoms with Crippen molar-refractivity contribution in [3.8, 4) is 5.75 Å². The van der Waals surface area contributed by atoms with E-state index >= 15 is 0 Å². The summed E-state index contributed by atoms with van der Waals surface area (Å²) in [5.41, 5.74) is 0.679. The predicted molar refractivity (Wildman–Crippen MR) is 59.9 cm³/mol. The Labute approximate surface area is 94.8 Å². The molecule has 1 aromatic carbocycles. The van der Waals surface area contributed by atoms with Crippen LogP contribution in [-0.4, -0.2) is 31.0 Å². The molecule has 0 spiro atoms. The summed E-state index contributed by atoms with van der Waals surface area (Å²) in [6, 6.07) is 4.22. The first kappa shape index (κ1) is 12.5. The van der Waals surface area contributed by atoms with E-state index in [1.807, 2.05) is 0 Å². The normalized spacial score (nSPS) is 12.1. The lowest BCUT2D eigenvalue weighted by Gasteiger charge is -2.19. The van der Waals surface area contributed by atoms with Crippen LogP contribution in [0.2, 0.25) is 0 Å². The Morgan fingerprint density at radius 1 is 1.44 bits per heavy atom. The summed E-state index contributed by atoms with van der Waals surface area (Å²) < 4.78 is 18.3. The number of aryl methyl sites for hydroxylation is 1. The molecule has 1 aromatic rings. The fourth-order valence-corrected chi connectivity index (χ4v) is 1.35. The molecule has 1 amide bonds. The Morgan fingerprint density at radius 2 is 2.06 bits per heavy atom. The summed E-state index contributed by atoms with van der Waals surface area (Å²) in [6.45, 7) is 3.41. The van der Waals surface area contributed by atoms with Crippen molar-refractivity contribution in [2.45, 2.75) is 20.0 Å². The first-order chi connectivity index (χ1) is 7.41. The topological polar surface area (TPSA) is 29.5 Å². The third-order valence-corrected chi connectivity index (χ3v) is 2.23. The average molecular weight is 225 g/mol. The zero-order chi connectivity index (χ0) is 12.3. The van der Waals surface area contributed by atoms with Crippen LogP contribution in [0.3, 0.4) is 0 Å². The number of rotatable bonds is 3. The van der Waals surface area contributed by atoms with Gasteiger partial charge in [-0.15, -0.1) is 0 Å². The van der Waals surface area contributed by atoms with Gasteiger partial charge in [-0.25, -0.2) is 4.39 Å². The maximum atomic E-state index is 12.8. The van der Waals surface area contributed by atoms with E-state index in [1.54, 1.807) is 27.9 Å². The van der Waals surface area contributed by atoms with Crippen LogP contribution < -0.4 is 4.74 Å². The molecule has 0 saturated heterocycles. The van der Waals surface area contributed by atoms with E-state index in [0.29, 0.717) is 11.3 Å².